The Kier molecular flexibility index (Phi) is 3.70. The van der Waals surface area contributed by atoms with Crippen molar-refractivity contribution in [2.24, 2.45) is 11.8 Å². The summed E-state index contributed by atoms with van der Waals surface area (Å²) < 4.78 is 0.191. The number of hydrogen-bond acceptors (Lipinski definition) is 3. The summed E-state index contributed by atoms with van der Waals surface area (Å²) in [6, 6.07) is 0. The summed E-state index contributed by atoms with van der Waals surface area (Å²) in [7, 11) is 0. The molecule has 0 amide bonds. The Balaban J connectivity index is 1.68. The average molecular weight is 359 g/mol. The molecule has 0 saturated heterocycles. The van der Waals surface area contributed by atoms with Crippen LogP contribution in [-0.2, 0) is 6.54 Å². The zero-order valence-corrected chi connectivity index (χ0v) is 13.7. The molecule has 4 nitrogen and oxygen atoms in total. The molecule has 1 heterocycles. The summed E-state index contributed by atoms with van der Waals surface area (Å²) in [6.45, 7) is 0.341. The number of aromatic nitrogens is 3. The molecule has 3 rings (SSSR count). The van der Waals surface area contributed by atoms with Gasteiger partial charge in [0.1, 0.15) is 21.3 Å². The first-order valence-electron chi connectivity index (χ1n) is 6.51. The van der Waals surface area contributed by atoms with Crippen molar-refractivity contribution in [1.29, 1.82) is 0 Å². The van der Waals surface area contributed by atoms with Crippen LogP contribution in [0, 0.1) is 11.8 Å². The molecule has 0 radical (unpaired) electrons. The predicted octanol–water partition coefficient (Wildman–Crippen LogP) is 3.18. The molecule has 2 unspecified atom stereocenters. The second kappa shape index (κ2) is 4.88. The molecule has 0 bridgehead atoms. The second-order valence-corrected chi connectivity index (χ2v) is 9.13. The van der Waals surface area contributed by atoms with Crippen molar-refractivity contribution in [2.75, 3.05) is 0 Å². The van der Waals surface area contributed by atoms with Gasteiger partial charge in [0.05, 0.1) is 12.1 Å². The van der Waals surface area contributed by atoms with Gasteiger partial charge in [-0.15, -0.1) is 46.4 Å². The number of alkyl halides is 4. The molecule has 112 valence electrons. The van der Waals surface area contributed by atoms with Crippen LogP contribution in [0.4, 0.5) is 0 Å². The lowest BCUT2D eigenvalue weighted by atomic mass is 9.90. The van der Waals surface area contributed by atoms with Crippen molar-refractivity contribution in [2.45, 2.75) is 46.5 Å². The maximum atomic E-state index is 10.9. The summed E-state index contributed by atoms with van der Waals surface area (Å²) in [5.41, 5.74) is -0.972. The quantitative estimate of drug-likeness (QED) is 0.794. The molecule has 1 aromatic rings. The summed E-state index contributed by atoms with van der Waals surface area (Å²) >= 11 is 24.3. The van der Waals surface area contributed by atoms with Crippen LogP contribution in [0.3, 0.4) is 0 Å². The fraction of sp³-hybridized carbons (Fsp3) is 0.833. The first-order valence-corrected chi connectivity index (χ1v) is 8.02. The summed E-state index contributed by atoms with van der Waals surface area (Å²) in [6.07, 6.45) is 5.45. The fourth-order valence-corrected chi connectivity index (χ4v) is 3.78. The van der Waals surface area contributed by atoms with Gasteiger partial charge in [-0.05, 0) is 37.5 Å². The third-order valence-electron chi connectivity index (χ3n) is 4.09. The van der Waals surface area contributed by atoms with Crippen molar-refractivity contribution in [1.82, 2.24) is 14.8 Å². The van der Waals surface area contributed by atoms with Crippen molar-refractivity contribution in [3.8, 4) is 0 Å². The average Bonchev–Trinajstić information content (AvgIpc) is 2.98. The van der Waals surface area contributed by atoms with E-state index < -0.39 is 14.3 Å². The maximum absolute atomic E-state index is 10.9. The summed E-state index contributed by atoms with van der Waals surface area (Å²) in [5, 5.41) is 15.0. The molecule has 0 aliphatic heterocycles. The van der Waals surface area contributed by atoms with Gasteiger partial charge < -0.3 is 5.11 Å². The minimum atomic E-state index is -0.972. The standard InChI is InChI=1S/C12H15Cl4N3O/c13-11(14)3-8(11)1-10(20,2-9-4-12(9,15)16)5-19-7-17-6-18-19/h6-9,20H,1-5H2. The van der Waals surface area contributed by atoms with Gasteiger partial charge in [0.25, 0.3) is 0 Å². The summed E-state index contributed by atoms with van der Waals surface area (Å²) in [5.74, 6) is 0.191. The third-order valence-corrected chi connectivity index (χ3v) is 5.94. The van der Waals surface area contributed by atoms with Gasteiger partial charge in [0.2, 0.25) is 0 Å². The van der Waals surface area contributed by atoms with Gasteiger partial charge in [-0.25, -0.2) is 4.98 Å². The molecular weight excluding hydrogens is 344 g/mol. The highest BCUT2D eigenvalue weighted by molar-refractivity contribution is 6.51. The van der Waals surface area contributed by atoms with E-state index in [1.54, 1.807) is 11.0 Å². The van der Waals surface area contributed by atoms with Crippen LogP contribution in [0.1, 0.15) is 25.7 Å². The van der Waals surface area contributed by atoms with E-state index in [1.165, 1.54) is 6.33 Å². The molecule has 2 aliphatic rings. The molecule has 1 N–H and O–H groups in total. The van der Waals surface area contributed by atoms with Crippen LogP contribution in [0.5, 0.6) is 0 Å². The molecule has 2 atom stereocenters. The minimum Gasteiger partial charge on any atom is -0.388 e. The van der Waals surface area contributed by atoms with E-state index in [-0.39, 0.29) is 11.8 Å². The summed E-state index contributed by atoms with van der Waals surface area (Å²) in [4.78, 5) is 3.89. The highest BCUT2D eigenvalue weighted by atomic mass is 35.5. The molecule has 0 spiro atoms. The van der Waals surface area contributed by atoms with E-state index in [1.807, 2.05) is 0 Å². The van der Waals surface area contributed by atoms with Crippen LogP contribution in [0.25, 0.3) is 0 Å². The zero-order valence-electron chi connectivity index (χ0n) is 10.6. The number of aliphatic hydroxyl groups is 1. The van der Waals surface area contributed by atoms with Crippen molar-refractivity contribution < 1.29 is 5.11 Å². The van der Waals surface area contributed by atoms with Crippen LogP contribution < -0.4 is 0 Å². The Morgan fingerprint density at radius 2 is 1.65 bits per heavy atom. The lowest BCUT2D eigenvalue weighted by Crippen LogP contribution is -2.36. The van der Waals surface area contributed by atoms with Crippen LogP contribution in [0.2, 0.25) is 0 Å². The van der Waals surface area contributed by atoms with E-state index >= 15 is 0 Å². The van der Waals surface area contributed by atoms with Crippen molar-refractivity contribution in [3.63, 3.8) is 0 Å². The zero-order chi connectivity index (χ0) is 14.6. The predicted molar refractivity (Wildman–Crippen MR) is 79.3 cm³/mol. The van der Waals surface area contributed by atoms with E-state index in [4.69, 9.17) is 46.4 Å². The van der Waals surface area contributed by atoms with Gasteiger partial charge in [0.15, 0.2) is 0 Å². The number of nitrogens with zero attached hydrogens (tertiary/aromatic N) is 3. The van der Waals surface area contributed by atoms with Gasteiger partial charge in [0, 0.05) is 0 Å². The monoisotopic (exact) mass is 357 g/mol. The number of halogens is 4. The lowest BCUT2D eigenvalue weighted by molar-refractivity contribution is -0.00758. The minimum absolute atomic E-state index is 0.0955. The van der Waals surface area contributed by atoms with Gasteiger partial charge in [-0.1, -0.05) is 0 Å². The Bertz CT molecular complexity index is 467. The first kappa shape index (κ1) is 15.2. The molecule has 2 fully saturated rings. The van der Waals surface area contributed by atoms with E-state index in [9.17, 15) is 5.11 Å². The Labute approximate surface area is 137 Å². The first-order chi connectivity index (χ1) is 9.20. The molecule has 1 aromatic heterocycles. The second-order valence-electron chi connectivity index (χ2n) is 6.05. The highest BCUT2D eigenvalue weighted by Crippen LogP contribution is 2.60. The smallest absolute Gasteiger partial charge is 0.137 e. The maximum Gasteiger partial charge on any atom is 0.137 e. The molecule has 0 aromatic carbocycles. The van der Waals surface area contributed by atoms with Crippen LogP contribution >= 0.6 is 46.4 Å². The van der Waals surface area contributed by atoms with Crippen molar-refractivity contribution in [3.05, 3.63) is 12.7 Å². The Hall–Kier alpha value is 0.260. The van der Waals surface area contributed by atoms with E-state index in [0.717, 1.165) is 0 Å². The third kappa shape index (κ3) is 3.36. The highest BCUT2D eigenvalue weighted by Gasteiger charge is 2.58. The van der Waals surface area contributed by atoms with E-state index in [0.29, 0.717) is 32.2 Å². The molecule has 8 heteroatoms. The van der Waals surface area contributed by atoms with Crippen LogP contribution in [0.15, 0.2) is 12.7 Å². The Morgan fingerprint density at radius 1 is 1.15 bits per heavy atom. The Morgan fingerprint density at radius 3 is 2.00 bits per heavy atom. The SMILES string of the molecule is OC(CC1CC1(Cl)Cl)(CC1CC1(Cl)Cl)Cn1cncn1. The van der Waals surface area contributed by atoms with Gasteiger partial charge in [-0.2, -0.15) is 5.10 Å². The topological polar surface area (TPSA) is 50.9 Å². The largest absolute Gasteiger partial charge is 0.388 e. The van der Waals surface area contributed by atoms with Crippen molar-refractivity contribution >= 4 is 46.4 Å². The molecular formula is C12H15Cl4N3O. The fourth-order valence-electron chi connectivity index (χ4n) is 2.73. The molecule has 20 heavy (non-hydrogen) atoms. The van der Waals surface area contributed by atoms with E-state index in [2.05, 4.69) is 10.1 Å². The van der Waals surface area contributed by atoms with Gasteiger partial charge >= 0.3 is 0 Å². The normalized spacial score (nSPS) is 32.6. The molecule has 2 saturated carbocycles. The van der Waals surface area contributed by atoms with Gasteiger partial charge in [-0.3, -0.25) is 4.68 Å². The van der Waals surface area contributed by atoms with Crippen LogP contribution in [-0.4, -0.2) is 34.1 Å². The molecule has 2 aliphatic carbocycles. The lowest BCUT2D eigenvalue weighted by Gasteiger charge is -2.28. The number of rotatable bonds is 6. The number of hydrogen-bond donors (Lipinski definition) is 1.